The Balaban J connectivity index is 1.89. The second kappa shape index (κ2) is 4.52. The molecule has 3 nitrogen and oxygen atoms in total. The van der Waals surface area contributed by atoms with Crippen LogP contribution in [-0.2, 0) is 4.79 Å². The number of carbonyl (C=O) groups excluding carboxylic acids is 1. The molecule has 0 bridgehead atoms. The van der Waals surface area contributed by atoms with Gasteiger partial charge in [0.25, 0.3) is 0 Å². The maximum Gasteiger partial charge on any atom is 0.223 e. The number of rotatable bonds is 3. The Morgan fingerprint density at radius 3 is 2.93 bits per heavy atom. The highest BCUT2D eigenvalue weighted by Crippen LogP contribution is 2.27. The lowest BCUT2D eigenvalue weighted by atomic mass is 9.96. The van der Waals surface area contributed by atoms with Gasteiger partial charge < -0.3 is 10.2 Å². The minimum absolute atomic E-state index is 0.384. The lowest BCUT2D eigenvalue weighted by Gasteiger charge is -2.23. The van der Waals surface area contributed by atoms with Crippen molar-refractivity contribution in [2.24, 2.45) is 11.8 Å². The van der Waals surface area contributed by atoms with E-state index >= 15 is 0 Å². The Labute approximate surface area is 92.2 Å². The number of nitrogens with zero attached hydrogens (tertiary/aromatic N) is 1. The predicted molar refractivity (Wildman–Crippen MR) is 60.5 cm³/mol. The minimum atomic E-state index is 0.384. The molecule has 0 aliphatic carbocycles. The van der Waals surface area contributed by atoms with E-state index in [0.717, 1.165) is 32.5 Å². The van der Waals surface area contributed by atoms with Gasteiger partial charge in [-0.25, -0.2) is 0 Å². The van der Waals surface area contributed by atoms with Gasteiger partial charge in [0.05, 0.1) is 0 Å². The monoisotopic (exact) mass is 210 g/mol. The van der Waals surface area contributed by atoms with E-state index in [0.29, 0.717) is 23.8 Å². The Bertz CT molecular complexity index is 234. The highest BCUT2D eigenvalue weighted by molar-refractivity contribution is 5.79. The molecule has 2 aliphatic rings. The molecule has 2 rings (SSSR count). The fourth-order valence-corrected chi connectivity index (χ4v) is 2.89. The Morgan fingerprint density at radius 1 is 1.53 bits per heavy atom. The average Bonchev–Trinajstić information content (AvgIpc) is 2.72. The van der Waals surface area contributed by atoms with Crippen LogP contribution in [0.2, 0.25) is 0 Å². The first-order chi connectivity index (χ1) is 7.16. The zero-order chi connectivity index (χ0) is 10.8. The molecule has 0 spiro atoms. The van der Waals surface area contributed by atoms with Crippen LogP contribution in [0.15, 0.2) is 0 Å². The Hall–Kier alpha value is -0.570. The lowest BCUT2D eigenvalue weighted by Crippen LogP contribution is -2.38. The summed E-state index contributed by atoms with van der Waals surface area (Å²) in [6, 6.07) is 0.481. The SMILES string of the molecule is CC(C)CC1CC(=O)N(C2CCNC2)C1. The van der Waals surface area contributed by atoms with E-state index in [-0.39, 0.29) is 0 Å². The van der Waals surface area contributed by atoms with Crippen LogP contribution in [0, 0.1) is 11.8 Å². The molecular formula is C12H22N2O. The molecule has 1 N–H and O–H groups in total. The van der Waals surface area contributed by atoms with Crippen LogP contribution in [0.25, 0.3) is 0 Å². The van der Waals surface area contributed by atoms with Gasteiger partial charge in [0, 0.05) is 25.6 Å². The van der Waals surface area contributed by atoms with Crippen molar-refractivity contribution >= 4 is 5.91 Å². The molecule has 0 aromatic rings. The van der Waals surface area contributed by atoms with Crippen molar-refractivity contribution in [3.8, 4) is 0 Å². The van der Waals surface area contributed by atoms with Crippen LogP contribution < -0.4 is 5.32 Å². The summed E-state index contributed by atoms with van der Waals surface area (Å²) < 4.78 is 0. The van der Waals surface area contributed by atoms with Gasteiger partial charge in [-0.05, 0) is 31.2 Å². The molecule has 2 unspecified atom stereocenters. The summed E-state index contributed by atoms with van der Waals surface area (Å²) in [6.45, 7) is 7.56. The lowest BCUT2D eigenvalue weighted by molar-refractivity contribution is -0.129. The van der Waals surface area contributed by atoms with Crippen LogP contribution >= 0.6 is 0 Å². The van der Waals surface area contributed by atoms with Gasteiger partial charge >= 0.3 is 0 Å². The first kappa shape index (κ1) is 10.9. The highest BCUT2D eigenvalue weighted by atomic mass is 16.2. The van der Waals surface area contributed by atoms with Crippen LogP contribution in [0.5, 0.6) is 0 Å². The van der Waals surface area contributed by atoms with Crippen LogP contribution in [0.4, 0.5) is 0 Å². The minimum Gasteiger partial charge on any atom is -0.338 e. The molecule has 0 saturated carbocycles. The van der Waals surface area contributed by atoms with Crippen molar-refractivity contribution in [1.82, 2.24) is 10.2 Å². The molecule has 2 atom stereocenters. The normalized spacial score (nSPS) is 31.9. The number of hydrogen-bond acceptors (Lipinski definition) is 2. The predicted octanol–water partition coefficient (Wildman–Crippen LogP) is 1.24. The highest BCUT2D eigenvalue weighted by Gasteiger charge is 2.35. The molecule has 2 fully saturated rings. The second-order valence-corrected chi connectivity index (χ2v) is 5.39. The summed E-state index contributed by atoms with van der Waals surface area (Å²) in [5.41, 5.74) is 0. The zero-order valence-corrected chi connectivity index (χ0v) is 9.83. The second-order valence-electron chi connectivity index (χ2n) is 5.39. The summed E-state index contributed by atoms with van der Waals surface area (Å²) in [5, 5.41) is 3.33. The number of amides is 1. The van der Waals surface area contributed by atoms with Crippen molar-refractivity contribution in [3.63, 3.8) is 0 Å². The van der Waals surface area contributed by atoms with Crippen molar-refractivity contribution in [1.29, 1.82) is 0 Å². The van der Waals surface area contributed by atoms with Crippen molar-refractivity contribution in [2.75, 3.05) is 19.6 Å². The van der Waals surface area contributed by atoms with Gasteiger partial charge in [-0.15, -0.1) is 0 Å². The summed E-state index contributed by atoms with van der Waals surface area (Å²) in [5.74, 6) is 1.71. The molecule has 1 amide bonds. The van der Waals surface area contributed by atoms with Crippen molar-refractivity contribution in [3.05, 3.63) is 0 Å². The molecule has 86 valence electrons. The maximum atomic E-state index is 11.9. The molecule has 3 heteroatoms. The first-order valence-corrected chi connectivity index (χ1v) is 6.17. The van der Waals surface area contributed by atoms with E-state index < -0.39 is 0 Å². The van der Waals surface area contributed by atoms with E-state index in [2.05, 4.69) is 24.1 Å². The number of carbonyl (C=O) groups is 1. The quantitative estimate of drug-likeness (QED) is 0.760. The summed E-state index contributed by atoms with van der Waals surface area (Å²) in [7, 11) is 0. The number of nitrogens with one attached hydrogen (secondary N) is 1. The smallest absolute Gasteiger partial charge is 0.223 e. The van der Waals surface area contributed by atoms with E-state index in [1.165, 1.54) is 6.42 Å². The van der Waals surface area contributed by atoms with Crippen molar-refractivity contribution < 1.29 is 4.79 Å². The number of hydrogen-bond donors (Lipinski definition) is 1. The van der Waals surface area contributed by atoms with E-state index in [4.69, 9.17) is 0 Å². The molecular weight excluding hydrogens is 188 g/mol. The summed E-state index contributed by atoms with van der Waals surface area (Å²) in [6.07, 6.45) is 3.12. The standard InChI is InChI=1S/C12H22N2O/c1-9(2)5-10-6-12(15)14(8-10)11-3-4-13-7-11/h9-11,13H,3-8H2,1-2H3. The molecule has 0 radical (unpaired) electrons. The third-order valence-corrected chi connectivity index (χ3v) is 3.52. The van der Waals surface area contributed by atoms with Gasteiger partial charge in [-0.2, -0.15) is 0 Å². The molecule has 2 aliphatic heterocycles. The van der Waals surface area contributed by atoms with Crippen LogP contribution in [0.3, 0.4) is 0 Å². The van der Waals surface area contributed by atoms with E-state index in [1.807, 2.05) is 0 Å². The summed E-state index contributed by atoms with van der Waals surface area (Å²) in [4.78, 5) is 14.0. The summed E-state index contributed by atoms with van der Waals surface area (Å²) >= 11 is 0. The molecule has 0 aromatic carbocycles. The average molecular weight is 210 g/mol. The number of likely N-dealkylation sites (tertiary alicyclic amines) is 1. The zero-order valence-electron chi connectivity index (χ0n) is 9.83. The molecule has 2 heterocycles. The Morgan fingerprint density at radius 2 is 2.33 bits per heavy atom. The largest absolute Gasteiger partial charge is 0.338 e. The van der Waals surface area contributed by atoms with Crippen LogP contribution in [0.1, 0.15) is 33.1 Å². The third-order valence-electron chi connectivity index (χ3n) is 3.52. The molecule has 0 aromatic heterocycles. The fraction of sp³-hybridized carbons (Fsp3) is 0.917. The topological polar surface area (TPSA) is 32.3 Å². The third kappa shape index (κ3) is 2.51. The van der Waals surface area contributed by atoms with Gasteiger partial charge in [0.2, 0.25) is 5.91 Å². The van der Waals surface area contributed by atoms with Gasteiger partial charge in [-0.1, -0.05) is 13.8 Å². The molecule has 2 saturated heterocycles. The van der Waals surface area contributed by atoms with E-state index in [9.17, 15) is 4.79 Å². The van der Waals surface area contributed by atoms with Gasteiger partial charge in [0.1, 0.15) is 0 Å². The maximum absolute atomic E-state index is 11.9. The van der Waals surface area contributed by atoms with E-state index in [1.54, 1.807) is 0 Å². The Kier molecular flexibility index (Phi) is 3.29. The molecule has 15 heavy (non-hydrogen) atoms. The van der Waals surface area contributed by atoms with Crippen molar-refractivity contribution in [2.45, 2.75) is 39.2 Å². The first-order valence-electron chi connectivity index (χ1n) is 6.17. The van der Waals surface area contributed by atoms with Crippen LogP contribution in [-0.4, -0.2) is 36.5 Å². The van der Waals surface area contributed by atoms with Gasteiger partial charge in [-0.3, -0.25) is 4.79 Å². The van der Waals surface area contributed by atoms with Gasteiger partial charge in [0.15, 0.2) is 0 Å². The fourth-order valence-electron chi connectivity index (χ4n) is 2.89.